The van der Waals surface area contributed by atoms with Gasteiger partial charge in [-0.25, -0.2) is 4.79 Å². The number of hydrogen-bond acceptors (Lipinski definition) is 4. The number of carbonyl (C=O) groups excluding carboxylic acids is 1. The molecule has 4 N–H and O–H groups in total. The number of primary amides is 1. The van der Waals surface area contributed by atoms with Crippen molar-refractivity contribution in [1.29, 1.82) is 0 Å². The van der Waals surface area contributed by atoms with Crippen molar-refractivity contribution in [2.24, 2.45) is 5.73 Å². The first-order valence-electron chi connectivity index (χ1n) is 9.88. The molecular formula is C22H25F3N4O2. The van der Waals surface area contributed by atoms with E-state index in [0.29, 0.717) is 38.4 Å². The predicted molar refractivity (Wildman–Crippen MR) is 115 cm³/mol. The number of aliphatic hydroxyl groups excluding tert-OH is 1. The summed E-state index contributed by atoms with van der Waals surface area (Å²) in [6.07, 6.45) is -1.47. The minimum atomic E-state index is -4.33. The van der Waals surface area contributed by atoms with Crippen LogP contribution in [-0.2, 0) is 6.18 Å². The number of urea groups is 1. The summed E-state index contributed by atoms with van der Waals surface area (Å²) in [6.45, 7) is 3.24. The Labute approximate surface area is 178 Å². The van der Waals surface area contributed by atoms with Crippen molar-refractivity contribution in [3.63, 3.8) is 0 Å². The van der Waals surface area contributed by atoms with Crippen LogP contribution in [-0.4, -0.2) is 54.9 Å². The van der Waals surface area contributed by atoms with Crippen LogP contribution >= 0.6 is 0 Å². The van der Waals surface area contributed by atoms with E-state index in [1.165, 1.54) is 12.1 Å². The largest absolute Gasteiger partial charge is 0.416 e. The number of alkyl halides is 3. The van der Waals surface area contributed by atoms with E-state index in [9.17, 15) is 23.1 Å². The van der Waals surface area contributed by atoms with E-state index in [-0.39, 0.29) is 0 Å². The molecule has 0 saturated carbocycles. The van der Waals surface area contributed by atoms with Crippen LogP contribution in [0.1, 0.15) is 11.1 Å². The van der Waals surface area contributed by atoms with E-state index in [0.717, 1.165) is 23.4 Å². The van der Waals surface area contributed by atoms with Gasteiger partial charge in [-0.3, -0.25) is 4.90 Å². The van der Waals surface area contributed by atoms with Crippen LogP contribution in [0.2, 0.25) is 0 Å². The molecule has 166 valence electrons. The van der Waals surface area contributed by atoms with Gasteiger partial charge >= 0.3 is 12.2 Å². The van der Waals surface area contributed by atoms with Crippen molar-refractivity contribution in [2.45, 2.75) is 12.3 Å². The number of anilines is 2. The first-order chi connectivity index (χ1) is 14.7. The Morgan fingerprint density at radius 2 is 1.68 bits per heavy atom. The minimum absolute atomic E-state index is 0.471. The quantitative estimate of drug-likeness (QED) is 0.651. The molecule has 1 saturated heterocycles. The zero-order valence-corrected chi connectivity index (χ0v) is 16.8. The van der Waals surface area contributed by atoms with E-state index in [4.69, 9.17) is 5.73 Å². The molecule has 1 unspecified atom stereocenters. The van der Waals surface area contributed by atoms with Crippen LogP contribution in [0.15, 0.2) is 54.6 Å². The second-order valence-corrected chi connectivity index (χ2v) is 7.37. The zero-order chi connectivity index (χ0) is 22.4. The SMILES string of the molecule is NC(=O)Nc1ccc(C=CC(O)CN2CCN(c3ccc(C(F)(F)F)cc3)CC2)cc1. The van der Waals surface area contributed by atoms with Gasteiger partial charge in [0.1, 0.15) is 0 Å². The number of nitrogens with zero attached hydrogens (tertiary/aromatic N) is 2. The van der Waals surface area contributed by atoms with Crippen LogP contribution in [0.25, 0.3) is 6.08 Å². The molecule has 0 spiro atoms. The number of hydrogen-bond donors (Lipinski definition) is 3. The third-order valence-electron chi connectivity index (χ3n) is 5.07. The Kier molecular flexibility index (Phi) is 7.19. The maximum absolute atomic E-state index is 12.7. The molecule has 1 heterocycles. The molecule has 9 heteroatoms. The minimum Gasteiger partial charge on any atom is -0.388 e. The molecule has 1 atom stereocenters. The Bertz CT molecular complexity index is 890. The Hall–Kier alpha value is -3.04. The number of β-amino-alcohol motifs (C(OH)–C–C–N with tert-alkyl or cyclic N) is 1. The monoisotopic (exact) mass is 434 g/mol. The Morgan fingerprint density at radius 3 is 2.23 bits per heavy atom. The summed E-state index contributed by atoms with van der Waals surface area (Å²) in [5.41, 5.74) is 6.65. The van der Waals surface area contributed by atoms with Crippen LogP contribution in [0.5, 0.6) is 0 Å². The first kappa shape index (κ1) is 22.6. The maximum atomic E-state index is 12.7. The fourth-order valence-corrected chi connectivity index (χ4v) is 3.42. The molecule has 0 bridgehead atoms. The van der Waals surface area contributed by atoms with Gasteiger partial charge in [0.05, 0.1) is 11.7 Å². The molecule has 3 rings (SSSR count). The van der Waals surface area contributed by atoms with Gasteiger partial charge in [0.25, 0.3) is 0 Å². The fourth-order valence-electron chi connectivity index (χ4n) is 3.42. The average Bonchev–Trinajstić information content (AvgIpc) is 2.73. The number of halogens is 3. The number of rotatable bonds is 6. The van der Waals surface area contributed by atoms with Crippen LogP contribution in [0, 0.1) is 0 Å². The second-order valence-electron chi connectivity index (χ2n) is 7.37. The molecule has 6 nitrogen and oxygen atoms in total. The van der Waals surface area contributed by atoms with Crippen molar-refractivity contribution in [3.8, 4) is 0 Å². The van der Waals surface area contributed by atoms with E-state index in [1.54, 1.807) is 36.4 Å². The molecule has 0 aliphatic carbocycles. The van der Waals surface area contributed by atoms with Crippen molar-refractivity contribution < 1.29 is 23.1 Å². The number of benzene rings is 2. The van der Waals surface area contributed by atoms with Crippen LogP contribution in [0.4, 0.5) is 29.3 Å². The molecule has 2 aromatic rings. The lowest BCUT2D eigenvalue weighted by Crippen LogP contribution is -2.48. The number of aliphatic hydroxyl groups is 1. The highest BCUT2D eigenvalue weighted by Gasteiger charge is 2.30. The number of nitrogens with two attached hydrogens (primary N) is 1. The average molecular weight is 434 g/mol. The molecule has 1 fully saturated rings. The van der Waals surface area contributed by atoms with Gasteiger partial charge in [-0.1, -0.05) is 24.3 Å². The van der Waals surface area contributed by atoms with E-state index < -0.39 is 23.9 Å². The van der Waals surface area contributed by atoms with Gasteiger partial charge in [-0.05, 0) is 42.0 Å². The smallest absolute Gasteiger partial charge is 0.388 e. The lowest BCUT2D eigenvalue weighted by atomic mass is 10.1. The van der Waals surface area contributed by atoms with Crippen molar-refractivity contribution in [1.82, 2.24) is 4.90 Å². The topological polar surface area (TPSA) is 81.8 Å². The number of nitrogens with one attached hydrogen (secondary N) is 1. The van der Waals surface area contributed by atoms with Gasteiger partial charge < -0.3 is 21.1 Å². The van der Waals surface area contributed by atoms with Crippen molar-refractivity contribution in [2.75, 3.05) is 42.9 Å². The summed E-state index contributed by atoms with van der Waals surface area (Å²) < 4.78 is 38.1. The lowest BCUT2D eigenvalue weighted by Gasteiger charge is -2.36. The molecule has 1 aliphatic rings. The van der Waals surface area contributed by atoms with Gasteiger partial charge in [-0.2, -0.15) is 13.2 Å². The molecule has 1 aliphatic heterocycles. The van der Waals surface area contributed by atoms with E-state index in [1.807, 2.05) is 4.90 Å². The van der Waals surface area contributed by atoms with Crippen LogP contribution in [0.3, 0.4) is 0 Å². The normalized spacial score (nSPS) is 16.5. The second kappa shape index (κ2) is 9.84. The summed E-state index contributed by atoms with van der Waals surface area (Å²) >= 11 is 0. The summed E-state index contributed by atoms with van der Waals surface area (Å²) in [5.74, 6) is 0. The number of piperazine rings is 1. The highest BCUT2D eigenvalue weighted by atomic mass is 19.4. The highest BCUT2D eigenvalue weighted by Crippen LogP contribution is 2.30. The summed E-state index contributed by atoms with van der Waals surface area (Å²) in [6, 6.07) is 11.6. The van der Waals surface area contributed by atoms with Gasteiger partial charge in [0.2, 0.25) is 0 Å². The maximum Gasteiger partial charge on any atom is 0.416 e. The molecule has 2 amide bonds. The van der Waals surface area contributed by atoms with E-state index in [2.05, 4.69) is 10.2 Å². The third kappa shape index (κ3) is 6.73. The van der Waals surface area contributed by atoms with E-state index >= 15 is 0 Å². The Morgan fingerprint density at radius 1 is 1.06 bits per heavy atom. The Balaban J connectivity index is 1.46. The standard InChI is InChI=1S/C22H25F3N4O2/c23-22(24,25)17-4-8-19(9-5-17)29-13-11-28(12-14-29)15-20(30)10-3-16-1-6-18(7-2-16)27-21(26)31/h1-10,20,30H,11-15H2,(H3,26,27,31). The molecule has 31 heavy (non-hydrogen) atoms. The fraction of sp³-hybridized carbons (Fsp3) is 0.318. The van der Waals surface area contributed by atoms with Gasteiger partial charge in [0.15, 0.2) is 0 Å². The summed E-state index contributed by atoms with van der Waals surface area (Å²) in [7, 11) is 0. The van der Waals surface area contributed by atoms with Crippen molar-refractivity contribution in [3.05, 3.63) is 65.7 Å². The molecule has 2 aromatic carbocycles. The van der Waals surface area contributed by atoms with Crippen molar-refractivity contribution >= 4 is 23.5 Å². The predicted octanol–water partition coefficient (Wildman–Crippen LogP) is 3.39. The first-order valence-corrected chi connectivity index (χ1v) is 9.88. The molecular weight excluding hydrogens is 409 g/mol. The highest BCUT2D eigenvalue weighted by molar-refractivity contribution is 5.87. The molecule has 0 radical (unpaired) electrons. The van der Waals surface area contributed by atoms with Gasteiger partial charge in [0, 0.05) is 44.1 Å². The molecule has 0 aromatic heterocycles. The number of amides is 2. The summed E-state index contributed by atoms with van der Waals surface area (Å²) in [5, 5.41) is 12.8. The van der Waals surface area contributed by atoms with Crippen LogP contribution < -0.4 is 16.0 Å². The zero-order valence-electron chi connectivity index (χ0n) is 16.8. The lowest BCUT2D eigenvalue weighted by molar-refractivity contribution is -0.137. The van der Waals surface area contributed by atoms with Gasteiger partial charge in [-0.15, -0.1) is 0 Å². The summed E-state index contributed by atoms with van der Waals surface area (Å²) in [4.78, 5) is 15.0. The third-order valence-corrected chi connectivity index (χ3v) is 5.07. The number of carbonyl (C=O) groups is 1.